The second kappa shape index (κ2) is 8.25. The van der Waals surface area contributed by atoms with E-state index in [1.807, 2.05) is 0 Å². The monoisotopic (exact) mass is 310 g/mol. The molecule has 3 N–H and O–H groups in total. The average molecular weight is 311 g/mol. The van der Waals surface area contributed by atoms with Crippen LogP contribution in [0.5, 0.6) is 5.75 Å². The Balaban J connectivity index is 1.72. The molecule has 0 radical (unpaired) electrons. The number of halogens is 1. The molecular formula is C16H23ClN2O2. The smallest absolute Gasteiger partial charge is 0.252 e. The molecule has 1 aliphatic carbocycles. The molecule has 0 aliphatic heterocycles. The maximum atomic E-state index is 12.0. The number of benzene rings is 1. The molecule has 0 saturated heterocycles. The first-order valence-electron chi connectivity index (χ1n) is 7.67. The third-order valence-electron chi connectivity index (χ3n) is 3.89. The lowest BCUT2D eigenvalue weighted by Crippen LogP contribution is -2.36. The lowest BCUT2D eigenvalue weighted by molar-refractivity contribution is 0.0953. The molecule has 0 unspecified atom stereocenters. The molecule has 4 nitrogen and oxygen atoms in total. The van der Waals surface area contributed by atoms with Gasteiger partial charge in [-0.2, -0.15) is 0 Å². The van der Waals surface area contributed by atoms with Crippen molar-refractivity contribution < 1.29 is 9.90 Å². The summed E-state index contributed by atoms with van der Waals surface area (Å²) in [5.41, 5.74) is 0.311. The molecule has 0 aromatic heterocycles. The van der Waals surface area contributed by atoms with E-state index in [4.69, 9.17) is 11.6 Å². The summed E-state index contributed by atoms with van der Waals surface area (Å²) in [7, 11) is 0. The zero-order valence-corrected chi connectivity index (χ0v) is 13.0. The topological polar surface area (TPSA) is 61.4 Å². The summed E-state index contributed by atoms with van der Waals surface area (Å²) in [4.78, 5) is 12.0. The lowest BCUT2D eigenvalue weighted by Gasteiger charge is -2.16. The van der Waals surface area contributed by atoms with Crippen LogP contribution < -0.4 is 10.6 Å². The first kappa shape index (κ1) is 16.1. The van der Waals surface area contributed by atoms with E-state index in [1.165, 1.54) is 56.7 Å². The minimum atomic E-state index is -0.251. The van der Waals surface area contributed by atoms with Crippen LogP contribution in [0.2, 0.25) is 5.02 Å². The first-order chi connectivity index (χ1) is 10.2. The van der Waals surface area contributed by atoms with Gasteiger partial charge in [-0.05, 0) is 31.0 Å². The molecule has 1 amide bonds. The molecule has 1 aromatic rings. The average Bonchev–Trinajstić information content (AvgIpc) is 2.74. The third-order valence-corrected chi connectivity index (χ3v) is 4.22. The zero-order chi connectivity index (χ0) is 15.1. The van der Waals surface area contributed by atoms with Crippen molar-refractivity contribution in [2.75, 3.05) is 13.1 Å². The largest absolute Gasteiger partial charge is 0.508 e. The normalized spacial score (nSPS) is 16.4. The molecule has 0 heterocycles. The molecule has 0 atom stereocenters. The minimum Gasteiger partial charge on any atom is -0.508 e. The van der Waals surface area contributed by atoms with Gasteiger partial charge in [-0.1, -0.05) is 37.3 Å². The Morgan fingerprint density at radius 1 is 1.19 bits per heavy atom. The van der Waals surface area contributed by atoms with Crippen molar-refractivity contribution in [1.29, 1.82) is 0 Å². The molecule has 0 bridgehead atoms. The zero-order valence-electron chi connectivity index (χ0n) is 12.2. The van der Waals surface area contributed by atoms with Crippen molar-refractivity contribution in [3.8, 4) is 5.75 Å². The van der Waals surface area contributed by atoms with Crippen LogP contribution in [0.1, 0.15) is 48.9 Å². The van der Waals surface area contributed by atoms with Crippen molar-refractivity contribution in [2.24, 2.45) is 0 Å². The number of amides is 1. The number of aromatic hydroxyl groups is 1. The van der Waals surface area contributed by atoms with E-state index >= 15 is 0 Å². The highest BCUT2D eigenvalue weighted by atomic mass is 35.5. The Kier molecular flexibility index (Phi) is 6.33. The van der Waals surface area contributed by atoms with Crippen LogP contribution in [0.15, 0.2) is 18.2 Å². The highest BCUT2D eigenvalue weighted by Gasteiger charge is 2.13. The van der Waals surface area contributed by atoms with Crippen LogP contribution in [0.3, 0.4) is 0 Å². The van der Waals surface area contributed by atoms with Crippen molar-refractivity contribution in [3.05, 3.63) is 28.8 Å². The van der Waals surface area contributed by atoms with Gasteiger partial charge in [-0.25, -0.2) is 0 Å². The molecule has 5 heteroatoms. The summed E-state index contributed by atoms with van der Waals surface area (Å²) in [5.74, 6) is -0.209. The summed E-state index contributed by atoms with van der Waals surface area (Å²) < 4.78 is 0. The maximum absolute atomic E-state index is 12.0. The summed E-state index contributed by atoms with van der Waals surface area (Å²) in [6, 6.07) is 4.95. The van der Waals surface area contributed by atoms with Gasteiger partial charge >= 0.3 is 0 Å². The van der Waals surface area contributed by atoms with Gasteiger partial charge in [-0.3, -0.25) is 4.79 Å². The quantitative estimate of drug-likeness (QED) is 0.578. The van der Waals surface area contributed by atoms with Gasteiger partial charge in [0, 0.05) is 19.1 Å². The van der Waals surface area contributed by atoms with E-state index < -0.39 is 0 Å². The Morgan fingerprint density at radius 3 is 2.62 bits per heavy atom. The highest BCUT2D eigenvalue weighted by Crippen LogP contribution is 2.21. The first-order valence-corrected chi connectivity index (χ1v) is 8.04. The Morgan fingerprint density at radius 2 is 1.90 bits per heavy atom. The van der Waals surface area contributed by atoms with Crippen LogP contribution >= 0.6 is 11.6 Å². The predicted octanol–water partition coefficient (Wildman–Crippen LogP) is 3.09. The Hall–Kier alpha value is -1.26. The van der Waals surface area contributed by atoms with Gasteiger partial charge < -0.3 is 15.7 Å². The number of phenols is 1. The van der Waals surface area contributed by atoms with E-state index in [1.54, 1.807) is 0 Å². The molecule has 0 spiro atoms. The van der Waals surface area contributed by atoms with Gasteiger partial charge in [0.1, 0.15) is 5.75 Å². The molecule has 116 valence electrons. The van der Waals surface area contributed by atoms with Gasteiger partial charge in [0.25, 0.3) is 5.91 Å². The number of hydrogen-bond acceptors (Lipinski definition) is 3. The van der Waals surface area contributed by atoms with E-state index in [0.717, 1.165) is 6.54 Å². The molecule has 1 saturated carbocycles. The van der Waals surface area contributed by atoms with Crippen LogP contribution in [0.25, 0.3) is 0 Å². The number of carbonyl (C=O) groups is 1. The van der Waals surface area contributed by atoms with Crippen LogP contribution in [-0.4, -0.2) is 30.1 Å². The number of phenolic OH excluding ortho intramolecular Hbond substituents is 1. The van der Waals surface area contributed by atoms with E-state index in [2.05, 4.69) is 10.6 Å². The summed E-state index contributed by atoms with van der Waals surface area (Å²) in [6.45, 7) is 1.31. The number of carbonyl (C=O) groups excluding carboxylic acids is 1. The minimum absolute atomic E-state index is 0.0427. The van der Waals surface area contributed by atoms with Crippen molar-refractivity contribution in [3.63, 3.8) is 0 Å². The molecular weight excluding hydrogens is 288 g/mol. The molecule has 1 fully saturated rings. The Bertz CT molecular complexity index is 471. The highest BCUT2D eigenvalue weighted by molar-refractivity contribution is 6.33. The summed E-state index contributed by atoms with van der Waals surface area (Å²) in [5, 5.41) is 16.1. The predicted molar refractivity (Wildman–Crippen MR) is 84.9 cm³/mol. The molecule has 2 rings (SSSR count). The van der Waals surface area contributed by atoms with E-state index in [-0.39, 0.29) is 11.7 Å². The Labute approximate surface area is 130 Å². The maximum Gasteiger partial charge on any atom is 0.252 e. The van der Waals surface area contributed by atoms with Crippen LogP contribution in [0, 0.1) is 0 Å². The van der Waals surface area contributed by atoms with Crippen molar-refractivity contribution in [2.45, 2.75) is 44.6 Å². The summed E-state index contributed by atoms with van der Waals surface area (Å²) >= 11 is 5.96. The van der Waals surface area contributed by atoms with Crippen LogP contribution in [-0.2, 0) is 0 Å². The fourth-order valence-electron chi connectivity index (χ4n) is 2.72. The second-order valence-electron chi connectivity index (χ2n) is 5.56. The van der Waals surface area contributed by atoms with Gasteiger partial charge in [-0.15, -0.1) is 0 Å². The van der Waals surface area contributed by atoms with Crippen molar-refractivity contribution >= 4 is 17.5 Å². The summed E-state index contributed by atoms with van der Waals surface area (Å²) in [6.07, 6.45) is 7.72. The second-order valence-corrected chi connectivity index (χ2v) is 5.97. The third kappa shape index (κ3) is 5.21. The van der Waals surface area contributed by atoms with E-state index in [0.29, 0.717) is 23.2 Å². The van der Waals surface area contributed by atoms with Crippen molar-refractivity contribution in [1.82, 2.24) is 10.6 Å². The SMILES string of the molecule is O=C(NCCNC1CCCCCC1)c1cc(O)ccc1Cl. The van der Waals surface area contributed by atoms with Crippen LogP contribution in [0.4, 0.5) is 0 Å². The number of hydrogen-bond donors (Lipinski definition) is 3. The fraction of sp³-hybridized carbons (Fsp3) is 0.562. The van der Waals surface area contributed by atoms with E-state index in [9.17, 15) is 9.90 Å². The molecule has 1 aliphatic rings. The molecule has 21 heavy (non-hydrogen) atoms. The number of nitrogens with one attached hydrogen (secondary N) is 2. The number of rotatable bonds is 5. The van der Waals surface area contributed by atoms with Gasteiger partial charge in [0.2, 0.25) is 0 Å². The van der Waals surface area contributed by atoms with Gasteiger partial charge in [0.05, 0.1) is 10.6 Å². The molecule has 1 aromatic carbocycles. The standard InChI is InChI=1S/C16H23ClN2O2/c17-15-8-7-13(20)11-14(15)16(21)19-10-9-18-12-5-3-1-2-4-6-12/h7-8,11-12,18,20H,1-6,9-10H2,(H,19,21). The van der Waals surface area contributed by atoms with Gasteiger partial charge in [0.15, 0.2) is 0 Å². The lowest BCUT2D eigenvalue weighted by atomic mass is 10.1. The fourth-order valence-corrected chi connectivity index (χ4v) is 2.92.